The van der Waals surface area contributed by atoms with Crippen LogP contribution in [0.1, 0.15) is 19.4 Å². The van der Waals surface area contributed by atoms with E-state index in [0.29, 0.717) is 33.0 Å². The summed E-state index contributed by atoms with van der Waals surface area (Å²) in [6.07, 6.45) is 0. The first-order chi connectivity index (χ1) is 8.33. The fourth-order valence-electron chi connectivity index (χ4n) is 1.50. The van der Waals surface area contributed by atoms with Gasteiger partial charge in [0, 0.05) is 18.7 Å². The number of para-hydroxylation sites is 1. The Kier molecular flexibility index (Phi) is 6.43. The lowest BCUT2D eigenvalue weighted by atomic mass is 10.2. The Morgan fingerprint density at radius 3 is 2.53 bits per heavy atom. The second kappa shape index (κ2) is 7.92. The van der Waals surface area contributed by atoms with Crippen LogP contribution in [0.2, 0.25) is 0 Å². The predicted molar refractivity (Wildman–Crippen MR) is 67.5 cm³/mol. The van der Waals surface area contributed by atoms with Crippen LogP contribution >= 0.6 is 0 Å². The van der Waals surface area contributed by atoms with Crippen LogP contribution in [0.4, 0.5) is 0 Å². The van der Waals surface area contributed by atoms with Gasteiger partial charge in [-0.2, -0.15) is 0 Å². The lowest BCUT2D eigenvalue weighted by Crippen LogP contribution is -2.10. The van der Waals surface area contributed by atoms with E-state index in [-0.39, 0.29) is 0 Å². The maximum atomic E-state index is 5.68. The van der Waals surface area contributed by atoms with Gasteiger partial charge < -0.3 is 19.9 Å². The van der Waals surface area contributed by atoms with Gasteiger partial charge in [0.1, 0.15) is 6.61 Å². The van der Waals surface area contributed by atoms with Gasteiger partial charge in [0.05, 0.1) is 13.2 Å². The second-order valence-electron chi connectivity index (χ2n) is 3.43. The second-order valence-corrected chi connectivity index (χ2v) is 3.43. The van der Waals surface area contributed by atoms with E-state index in [9.17, 15) is 0 Å². The number of rotatable bonds is 8. The topological polar surface area (TPSA) is 53.7 Å². The minimum Gasteiger partial charge on any atom is -0.490 e. The number of ether oxygens (including phenoxy) is 3. The zero-order valence-corrected chi connectivity index (χ0v) is 10.6. The first-order valence-electron chi connectivity index (χ1n) is 5.98. The van der Waals surface area contributed by atoms with Gasteiger partial charge in [-0.3, -0.25) is 0 Å². The fourth-order valence-corrected chi connectivity index (χ4v) is 1.50. The van der Waals surface area contributed by atoms with Crippen molar-refractivity contribution >= 4 is 0 Å². The van der Waals surface area contributed by atoms with E-state index in [0.717, 1.165) is 17.1 Å². The summed E-state index contributed by atoms with van der Waals surface area (Å²) in [6, 6.07) is 5.75. The quantitative estimate of drug-likeness (QED) is 0.705. The third-order valence-corrected chi connectivity index (χ3v) is 2.26. The molecule has 0 saturated heterocycles. The molecule has 0 aromatic heterocycles. The Balaban J connectivity index is 2.70. The maximum absolute atomic E-state index is 5.68. The van der Waals surface area contributed by atoms with Crippen molar-refractivity contribution in [1.29, 1.82) is 0 Å². The molecule has 0 heterocycles. The summed E-state index contributed by atoms with van der Waals surface area (Å²) in [6.45, 7) is 6.71. The predicted octanol–water partition coefficient (Wildman–Crippen LogP) is 1.96. The first-order valence-corrected chi connectivity index (χ1v) is 5.98. The minimum absolute atomic E-state index is 0.435. The van der Waals surface area contributed by atoms with E-state index in [2.05, 4.69) is 0 Å². The Labute approximate surface area is 103 Å². The van der Waals surface area contributed by atoms with Crippen molar-refractivity contribution in [3.05, 3.63) is 23.8 Å². The standard InChI is InChI=1S/C13H21NO3/c1-3-15-8-9-17-13-11(10-14)6-5-7-12(13)16-4-2/h5-7H,3-4,8-10,14H2,1-2H3. The van der Waals surface area contributed by atoms with Crippen molar-refractivity contribution in [1.82, 2.24) is 0 Å². The largest absolute Gasteiger partial charge is 0.490 e. The molecule has 2 N–H and O–H groups in total. The van der Waals surface area contributed by atoms with Crippen molar-refractivity contribution in [3.8, 4) is 11.5 Å². The summed E-state index contributed by atoms with van der Waals surface area (Å²) >= 11 is 0. The maximum Gasteiger partial charge on any atom is 0.165 e. The third kappa shape index (κ3) is 4.24. The van der Waals surface area contributed by atoms with Gasteiger partial charge in [-0.15, -0.1) is 0 Å². The molecule has 0 unspecified atom stereocenters. The summed E-state index contributed by atoms with van der Waals surface area (Å²) in [4.78, 5) is 0. The normalized spacial score (nSPS) is 10.3. The van der Waals surface area contributed by atoms with E-state index >= 15 is 0 Å². The van der Waals surface area contributed by atoms with Crippen LogP contribution in [0.25, 0.3) is 0 Å². The van der Waals surface area contributed by atoms with Crippen molar-refractivity contribution in [3.63, 3.8) is 0 Å². The average molecular weight is 239 g/mol. The molecule has 0 radical (unpaired) electrons. The van der Waals surface area contributed by atoms with Crippen LogP contribution in [0.5, 0.6) is 11.5 Å². The molecule has 0 spiro atoms. The molecule has 0 aliphatic rings. The Morgan fingerprint density at radius 2 is 1.88 bits per heavy atom. The van der Waals surface area contributed by atoms with E-state index in [1.807, 2.05) is 32.0 Å². The van der Waals surface area contributed by atoms with Gasteiger partial charge in [-0.05, 0) is 19.9 Å². The highest BCUT2D eigenvalue weighted by atomic mass is 16.5. The molecular weight excluding hydrogens is 218 g/mol. The number of hydrogen-bond donors (Lipinski definition) is 1. The van der Waals surface area contributed by atoms with Gasteiger partial charge in [-0.1, -0.05) is 12.1 Å². The highest BCUT2D eigenvalue weighted by molar-refractivity contribution is 5.46. The molecular formula is C13H21NO3. The molecule has 0 atom stereocenters. The third-order valence-electron chi connectivity index (χ3n) is 2.26. The number of nitrogens with two attached hydrogens (primary N) is 1. The molecule has 17 heavy (non-hydrogen) atoms. The van der Waals surface area contributed by atoms with Gasteiger partial charge in [-0.25, -0.2) is 0 Å². The van der Waals surface area contributed by atoms with Gasteiger partial charge in [0.15, 0.2) is 11.5 Å². The smallest absolute Gasteiger partial charge is 0.165 e. The molecule has 4 heteroatoms. The van der Waals surface area contributed by atoms with Gasteiger partial charge in [0.2, 0.25) is 0 Å². The zero-order chi connectivity index (χ0) is 12.5. The monoisotopic (exact) mass is 239 g/mol. The summed E-state index contributed by atoms with van der Waals surface area (Å²) in [7, 11) is 0. The molecule has 1 aromatic rings. The minimum atomic E-state index is 0.435. The number of benzene rings is 1. The summed E-state index contributed by atoms with van der Waals surface area (Å²) in [5.74, 6) is 1.48. The lowest BCUT2D eigenvalue weighted by molar-refractivity contribution is 0.108. The van der Waals surface area contributed by atoms with Crippen LogP contribution in [0.15, 0.2) is 18.2 Å². The van der Waals surface area contributed by atoms with Crippen LogP contribution < -0.4 is 15.2 Å². The molecule has 1 aromatic carbocycles. The molecule has 0 saturated carbocycles. The summed E-state index contributed by atoms with van der Waals surface area (Å²) in [5, 5.41) is 0. The van der Waals surface area contributed by atoms with Crippen molar-refractivity contribution in [2.24, 2.45) is 5.73 Å². The molecule has 0 aliphatic heterocycles. The van der Waals surface area contributed by atoms with Crippen LogP contribution in [-0.2, 0) is 11.3 Å². The van der Waals surface area contributed by atoms with E-state index < -0.39 is 0 Å². The number of hydrogen-bond acceptors (Lipinski definition) is 4. The average Bonchev–Trinajstić information content (AvgIpc) is 2.36. The Bertz CT molecular complexity index is 328. The van der Waals surface area contributed by atoms with Crippen LogP contribution in [0.3, 0.4) is 0 Å². The van der Waals surface area contributed by atoms with Crippen molar-refractivity contribution in [2.75, 3.05) is 26.4 Å². The molecule has 1 rings (SSSR count). The zero-order valence-electron chi connectivity index (χ0n) is 10.6. The molecule has 0 aliphatic carbocycles. The molecule has 4 nitrogen and oxygen atoms in total. The van der Waals surface area contributed by atoms with Crippen LogP contribution in [-0.4, -0.2) is 26.4 Å². The van der Waals surface area contributed by atoms with Gasteiger partial charge in [0.25, 0.3) is 0 Å². The summed E-state index contributed by atoms with van der Waals surface area (Å²) < 4.78 is 16.4. The Hall–Kier alpha value is -1.26. The first kappa shape index (κ1) is 13.8. The summed E-state index contributed by atoms with van der Waals surface area (Å²) in [5.41, 5.74) is 6.63. The highest BCUT2D eigenvalue weighted by Crippen LogP contribution is 2.31. The van der Waals surface area contributed by atoms with Crippen LogP contribution in [0, 0.1) is 0 Å². The van der Waals surface area contributed by atoms with E-state index in [1.165, 1.54) is 0 Å². The highest BCUT2D eigenvalue weighted by Gasteiger charge is 2.09. The van der Waals surface area contributed by atoms with Crippen molar-refractivity contribution < 1.29 is 14.2 Å². The SMILES string of the molecule is CCOCCOc1c(CN)cccc1OCC. The van der Waals surface area contributed by atoms with E-state index in [1.54, 1.807) is 0 Å². The molecule has 0 amide bonds. The molecule has 0 fully saturated rings. The molecule has 96 valence electrons. The van der Waals surface area contributed by atoms with Crippen molar-refractivity contribution in [2.45, 2.75) is 20.4 Å². The Morgan fingerprint density at radius 1 is 1.06 bits per heavy atom. The molecule has 0 bridgehead atoms. The fraction of sp³-hybridized carbons (Fsp3) is 0.538. The lowest BCUT2D eigenvalue weighted by Gasteiger charge is -2.15. The van der Waals surface area contributed by atoms with Gasteiger partial charge >= 0.3 is 0 Å². The van der Waals surface area contributed by atoms with E-state index in [4.69, 9.17) is 19.9 Å².